The van der Waals surface area contributed by atoms with E-state index in [1.165, 1.54) is 11.6 Å². The number of carbonyl (C=O) groups is 1. The third-order valence-electron chi connectivity index (χ3n) is 4.98. The van der Waals surface area contributed by atoms with E-state index in [1.54, 1.807) is 28.9 Å². The van der Waals surface area contributed by atoms with E-state index in [0.717, 1.165) is 11.1 Å². The average Bonchev–Trinajstić information content (AvgIpc) is 3.24. The minimum atomic E-state index is -0.616. The molecule has 2 aromatic heterocycles. The second kappa shape index (κ2) is 4.89. The molecule has 0 saturated carbocycles. The summed E-state index contributed by atoms with van der Waals surface area (Å²) in [6.45, 7) is 1.61. The molecule has 1 amide bonds. The van der Waals surface area contributed by atoms with Crippen molar-refractivity contribution in [2.75, 3.05) is 13.1 Å². The van der Waals surface area contributed by atoms with Crippen LogP contribution in [0.5, 0.6) is 0 Å². The lowest BCUT2D eigenvalue weighted by Gasteiger charge is -2.22. The van der Waals surface area contributed by atoms with Gasteiger partial charge < -0.3 is 4.90 Å². The van der Waals surface area contributed by atoms with Gasteiger partial charge in [-0.05, 0) is 12.5 Å². The van der Waals surface area contributed by atoms with Crippen molar-refractivity contribution >= 4 is 5.91 Å². The molecule has 1 spiro atoms. The summed E-state index contributed by atoms with van der Waals surface area (Å²) in [5, 5.41) is 8.37. The van der Waals surface area contributed by atoms with Crippen LogP contribution in [0.25, 0.3) is 0 Å². The molecule has 4 heterocycles. The molecule has 0 unspecified atom stereocenters. The lowest BCUT2D eigenvalue weighted by atomic mass is 9.86. The summed E-state index contributed by atoms with van der Waals surface area (Å²) in [6.07, 6.45) is 3.12. The zero-order chi connectivity index (χ0) is 17.1. The monoisotopic (exact) mass is 330 g/mol. The lowest BCUT2D eigenvalue weighted by Crippen LogP contribution is -2.42. The number of amides is 1. The first kappa shape index (κ1) is 14.9. The molecule has 1 saturated heterocycles. The number of hydrogen-bond donors (Lipinski definition) is 0. The highest BCUT2D eigenvalue weighted by Crippen LogP contribution is 2.39. The first-order valence-corrected chi connectivity index (χ1v) is 7.85. The molecule has 1 fully saturated rings. The van der Waals surface area contributed by atoms with Crippen LogP contribution >= 0.6 is 0 Å². The molecule has 4 rings (SSSR count). The maximum absolute atomic E-state index is 12.6. The number of carbonyl (C=O) groups excluding carboxylic acids is 1. The first-order chi connectivity index (χ1) is 11.4. The van der Waals surface area contributed by atoms with Gasteiger partial charge in [0.2, 0.25) is 0 Å². The van der Waals surface area contributed by atoms with Gasteiger partial charge in [-0.25, -0.2) is 4.68 Å². The molecule has 0 N–H and O–H groups in total. The van der Waals surface area contributed by atoms with E-state index in [1.807, 2.05) is 0 Å². The van der Waals surface area contributed by atoms with Crippen LogP contribution in [0.15, 0.2) is 21.9 Å². The Hall–Kier alpha value is -2.71. The highest BCUT2D eigenvalue weighted by Gasteiger charge is 2.46. The Kier molecular flexibility index (Phi) is 3.03. The number of rotatable bonds is 1. The van der Waals surface area contributed by atoms with Crippen molar-refractivity contribution in [2.45, 2.75) is 19.4 Å². The molecule has 2 aromatic rings. The summed E-state index contributed by atoms with van der Waals surface area (Å²) in [5.74, 6) is 0.521. The number of aromatic nitrogens is 5. The highest BCUT2D eigenvalue weighted by molar-refractivity contribution is 5.92. The molecule has 24 heavy (non-hydrogen) atoms. The van der Waals surface area contributed by atoms with Crippen molar-refractivity contribution in [2.24, 2.45) is 19.5 Å². The molecule has 2 aliphatic heterocycles. The van der Waals surface area contributed by atoms with Crippen molar-refractivity contribution in [3.8, 4) is 0 Å². The standard InChI is InChI=1S/C15H18N6O3/c1-18-5-3-10(16-18)12(22)20-6-4-15(8-20)7-11-17-19(2)13(23)14(24)21(11)9-15/h3,5H,4,6-9H2,1-2H3/t15-/m0/s1. The van der Waals surface area contributed by atoms with E-state index in [9.17, 15) is 14.4 Å². The summed E-state index contributed by atoms with van der Waals surface area (Å²) in [7, 11) is 3.26. The van der Waals surface area contributed by atoms with E-state index in [-0.39, 0.29) is 11.3 Å². The predicted octanol–water partition coefficient (Wildman–Crippen LogP) is -1.24. The molecule has 0 aliphatic carbocycles. The van der Waals surface area contributed by atoms with Gasteiger partial charge in [-0.2, -0.15) is 10.2 Å². The minimum Gasteiger partial charge on any atom is -0.337 e. The van der Waals surface area contributed by atoms with Crippen LogP contribution in [0.1, 0.15) is 22.7 Å². The average molecular weight is 330 g/mol. The highest BCUT2D eigenvalue weighted by atomic mass is 16.2. The van der Waals surface area contributed by atoms with Crippen LogP contribution < -0.4 is 11.1 Å². The van der Waals surface area contributed by atoms with Gasteiger partial charge in [0.1, 0.15) is 11.5 Å². The largest absolute Gasteiger partial charge is 0.337 e. The van der Waals surface area contributed by atoms with E-state index in [0.29, 0.717) is 37.6 Å². The van der Waals surface area contributed by atoms with Crippen molar-refractivity contribution < 1.29 is 4.79 Å². The molecular weight excluding hydrogens is 312 g/mol. The summed E-state index contributed by atoms with van der Waals surface area (Å²) in [4.78, 5) is 38.3. The van der Waals surface area contributed by atoms with Gasteiger partial charge in [0.25, 0.3) is 5.91 Å². The first-order valence-electron chi connectivity index (χ1n) is 7.85. The number of hydrogen-bond acceptors (Lipinski definition) is 5. The fourth-order valence-corrected chi connectivity index (χ4v) is 3.74. The maximum Gasteiger partial charge on any atom is 0.332 e. The van der Waals surface area contributed by atoms with Gasteiger partial charge in [0, 0.05) is 51.8 Å². The van der Waals surface area contributed by atoms with Crippen LogP contribution in [-0.2, 0) is 27.1 Å². The quantitative estimate of drug-likeness (QED) is 0.610. The Morgan fingerprint density at radius 1 is 1.17 bits per heavy atom. The van der Waals surface area contributed by atoms with Gasteiger partial charge in [-0.3, -0.25) is 23.6 Å². The Morgan fingerprint density at radius 2 is 1.96 bits per heavy atom. The second-order valence-corrected chi connectivity index (χ2v) is 6.76. The second-order valence-electron chi connectivity index (χ2n) is 6.76. The van der Waals surface area contributed by atoms with E-state index in [4.69, 9.17) is 0 Å². The molecule has 0 radical (unpaired) electrons. The molecule has 0 bridgehead atoms. The Bertz CT molecular complexity index is 955. The van der Waals surface area contributed by atoms with Gasteiger partial charge in [-0.15, -0.1) is 0 Å². The molecule has 126 valence electrons. The summed E-state index contributed by atoms with van der Waals surface area (Å²) in [6, 6.07) is 1.70. The molecule has 9 heteroatoms. The predicted molar refractivity (Wildman–Crippen MR) is 83.6 cm³/mol. The fourth-order valence-electron chi connectivity index (χ4n) is 3.74. The van der Waals surface area contributed by atoms with Crippen LogP contribution in [-0.4, -0.2) is 48.0 Å². The van der Waals surface area contributed by atoms with Gasteiger partial charge >= 0.3 is 11.1 Å². The Morgan fingerprint density at radius 3 is 2.67 bits per heavy atom. The third kappa shape index (κ3) is 2.11. The van der Waals surface area contributed by atoms with Gasteiger partial charge in [-0.1, -0.05) is 0 Å². The van der Waals surface area contributed by atoms with Crippen molar-refractivity contribution in [1.82, 2.24) is 29.0 Å². The zero-order valence-corrected chi connectivity index (χ0v) is 13.6. The van der Waals surface area contributed by atoms with Crippen molar-refractivity contribution in [3.05, 3.63) is 44.5 Å². The van der Waals surface area contributed by atoms with E-state index < -0.39 is 11.1 Å². The molecule has 9 nitrogen and oxygen atoms in total. The van der Waals surface area contributed by atoms with Crippen LogP contribution in [0, 0.1) is 5.41 Å². The molecule has 0 aromatic carbocycles. The van der Waals surface area contributed by atoms with Crippen LogP contribution in [0.3, 0.4) is 0 Å². The SMILES string of the molecule is Cn1ccc(C(=O)N2CC[C@]3(Cc4nn(C)c(=O)c(=O)n4C3)C2)n1. The van der Waals surface area contributed by atoms with Gasteiger partial charge in [0.15, 0.2) is 0 Å². The van der Waals surface area contributed by atoms with Crippen molar-refractivity contribution in [1.29, 1.82) is 0 Å². The summed E-state index contributed by atoms with van der Waals surface area (Å²) < 4.78 is 4.17. The normalized spacial score (nSPS) is 22.3. The van der Waals surface area contributed by atoms with Crippen LogP contribution in [0.2, 0.25) is 0 Å². The van der Waals surface area contributed by atoms with Gasteiger partial charge in [0.05, 0.1) is 0 Å². The number of likely N-dealkylation sites (tertiary alicyclic amines) is 1. The maximum atomic E-state index is 12.6. The summed E-state index contributed by atoms with van der Waals surface area (Å²) in [5.41, 5.74) is -0.942. The molecule has 2 aliphatic rings. The van der Waals surface area contributed by atoms with E-state index >= 15 is 0 Å². The minimum absolute atomic E-state index is 0.0983. The molecule has 1 atom stereocenters. The molecular formula is C15H18N6O3. The topological polar surface area (TPSA) is 95.0 Å². The van der Waals surface area contributed by atoms with E-state index in [2.05, 4.69) is 10.2 Å². The Balaban J connectivity index is 1.59. The zero-order valence-electron chi connectivity index (χ0n) is 13.6. The number of aryl methyl sites for hydroxylation is 2. The smallest absolute Gasteiger partial charge is 0.332 e. The fraction of sp³-hybridized carbons (Fsp3) is 0.533. The Labute approximate surface area is 137 Å². The van der Waals surface area contributed by atoms with Crippen LogP contribution in [0.4, 0.5) is 0 Å². The van der Waals surface area contributed by atoms with Crippen molar-refractivity contribution in [3.63, 3.8) is 0 Å². The number of nitrogens with zero attached hydrogens (tertiary/aromatic N) is 6. The third-order valence-corrected chi connectivity index (χ3v) is 4.98. The summed E-state index contributed by atoms with van der Waals surface area (Å²) >= 11 is 0. The lowest BCUT2D eigenvalue weighted by molar-refractivity contribution is 0.0765. The number of fused-ring (bicyclic) bond motifs is 1.